The number of nitrogens with zero attached hydrogens (tertiary/aromatic N) is 3. The van der Waals surface area contributed by atoms with Gasteiger partial charge in [0.2, 0.25) is 0 Å². The van der Waals surface area contributed by atoms with Crippen molar-refractivity contribution in [2.45, 2.75) is 25.4 Å². The van der Waals surface area contributed by atoms with Crippen molar-refractivity contribution in [2.24, 2.45) is 0 Å². The Morgan fingerprint density at radius 3 is 2.58 bits per heavy atom. The van der Waals surface area contributed by atoms with Gasteiger partial charge in [0.1, 0.15) is 6.07 Å². The molecule has 1 saturated carbocycles. The van der Waals surface area contributed by atoms with Gasteiger partial charge in [0.15, 0.2) is 0 Å². The van der Waals surface area contributed by atoms with Crippen molar-refractivity contribution in [2.75, 3.05) is 0 Å². The summed E-state index contributed by atoms with van der Waals surface area (Å²) < 4.78 is 0. The van der Waals surface area contributed by atoms with E-state index in [9.17, 15) is 0 Å². The molecule has 3 rings (SSSR count). The van der Waals surface area contributed by atoms with Crippen molar-refractivity contribution in [1.82, 2.24) is 15.3 Å². The molecule has 4 nitrogen and oxygen atoms in total. The molecule has 0 spiro atoms. The molecular weight excluding hydrogens is 236 g/mol. The van der Waals surface area contributed by atoms with E-state index >= 15 is 0 Å². The fourth-order valence-corrected chi connectivity index (χ4v) is 1.95. The Morgan fingerprint density at radius 2 is 1.84 bits per heavy atom. The second kappa shape index (κ2) is 5.17. The minimum absolute atomic E-state index is 0.569. The molecule has 4 heteroatoms. The summed E-state index contributed by atoms with van der Waals surface area (Å²) in [6, 6.07) is 6.73. The van der Waals surface area contributed by atoms with Crippen molar-refractivity contribution in [1.29, 1.82) is 5.26 Å². The third-order valence-electron chi connectivity index (χ3n) is 3.17. The molecule has 0 aliphatic heterocycles. The highest BCUT2D eigenvalue weighted by atomic mass is 14.9. The van der Waals surface area contributed by atoms with Crippen LogP contribution in [-0.2, 0) is 6.54 Å². The highest BCUT2D eigenvalue weighted by Crippen LogP contribution is 2.21. The summed E-state index contributed by atoms with van der Waals surface area (Å²) in [6.07, 6.45) is 9.56. The molecule has 1 aliphatic carbocycles. The molecule has 1 aliphatic rings. The lowest BCUT2D eigenvalue weighted by molar-refractivity contribution is 0.686. The standard InChI is InChI=1S/C15H14N4/c16-5-11-3-13(9-17-6-11)14-4-12(7-18-10-14)8-19-15-1-2-15/h3-4,6-7,9-10,15,19H,1-2,8H2. The maximum absolute atomic E-state index is 8.90. The first-order chi connectivity index (χ1) is 9.35. The molecule has 0 aromatic carbocycles. The number of pyridine rings is 2. The van der Waals surface area contributed by atoms with Gasteiger partial charge in [-0.1, -0.05) is 0 Å². The number of nitriles is 1. The van der Waals surface area contributed by atoms with Gasteiger partial charge in [0, 0.05) is 48.5 Å². The van der Waals surface area contributed by atoms with Crippen LogP contribution in [0.25, 0.3) is 11.1 Å². The third kappa shape index (κ3) is 2.95. The molecule has 0 bridgehead atoms. The predicted molar refractivity (Wildman–Crippen MR) is 72.0 cm³/mol. The molecule has 2 aromatic heterocycles. The molecule has 0 saturated heterocycles. The smallest absolute Gasteiger partial charge is 0.101 e. The maximum Gasteiger partial charge on any atom is 0.101 e. The van der Waals surface area contributed by atoms with Crippen molar-refractivity contribution < 1.29 is 0 Å². The zero-order valence-electron chi connectivity index (χ0n) is 10.5. The SMILES string of the molecule is N#Cc1cncc(-c2cncc(CNC3CC3)c2)c1. The van der Waals surface area contributed by atoms with E-state index in [0.717, 1.165) is 23.2 Å². The molecule has 0 unspecified atom stereocenters. The minimum Gasteiger partial charge on any atom is -0.310 e. The predicted octanol–water partition coefficient (Wildman–Crippen LogP) is 2.27. The van der Waals surface area contributed by atoms with E-state index in [-0.39, 0.29) is 0 Å². The topological polar surface area (TPSA) is 61.6 Å². The van der Waals surface area contributed by atoms with Gasteiger partial charge in [0.25, 0.3) is 0 Å². The van der Waals surface area contributed by atoms with Gasteiger partial charge in [-0.25, -0.2) is 0 Å². The summed E-state index contributed by atoms with van der Waals surface area (Å²) in [7, 11) is 0. The Balaban J connectivity index is 1.82. The van der Waals surface area contributed by atoms with Crippen molar-refractivity contribution in [3.63, 3.8) is 0 Å². The van der Waals surface area contributed by atoms with Gasteiger partial charge in [-0.3, -0.25) is 9.97 Å². The van der Waals surface area contributed by atoms with Gasteiger partial charge in [-0.05, 0) is 30.5 Å². The molecule has 0 amide bonds. The van der Waals surface area contributed by atoms with Crippen molar-refractivity contribution in [3.8, 4) is 17.2 Å². The average Bonchev–Trinajstić information content (AvgIpc) is 3.30. The summed E-state index contributed by atoms with van der Waals surface area (Å²) >= 11 is 0. The fourth-order valence-electron chi connectivity index (χ4n) is 1.95. The van der Waals surface area contributed by atoms with Crippen molar-refractivity contribution >= 4 is 0 Å². The molecule has 0 atom stereocenters. The molecule has 19 heavy (non-hydrogen) atoms. The number of hydrogen-bond donors (Lipinski definition) is 1. The van der Waals surface area contributed by atoms with E-state index in [0.29, 0.717) is 11.6 Å². The Morgan fingerprint density at radius 1 is 1.11 bits per heavy atom. The molecule has 94 valence electrons. The molecule has 2 aromatic rings. The molecule has 2 heterocycles. The third-order valence-corrected chi connectivity index (χ3v) is 3.17. The minimum atomic E-state index is 0.569. The van der Waals surface area contributed by atoms with Gasteiger partial charge >= 0.3 is 0 Å². The number of hydrogen-bond acceptors (Lipinski definition) is 4. The summed E-state index contributed by atoms with van der Waals surface area (Å²) in [4.78, 5) is 8.34. The van der Waals surface area contributed by atoms with Crippen LogP contribution < -0.4 is 5.32 Å². The van der Waals surface area contributed by atoms with Crippen molar-refractivity contribution in [3.05, 3.63) is 48.0 Å². The lowest BCUT2D eigenvalue weighted by Crippen LogP contribution is -2.15. The molecule has 1 fully saturated rings. The second-order valence-electron chi connectivity index (χ2n) is 4.81. The van der Waals surface area contributed by atoms with E-state index in [1.54, 1.807) is 18.6 Å². The Hall–Kier alpha value is -2.25. The Labute approximate surface area is 112 Å². The number of aromatic nitrogens is 2. The summed E-state index contributed by atoms with van der Waals surface area (Å²) in [5, 5.41) is 12.4. The highest BCUT2D eigenvalue weighted by Gasteiger charge is 2.19. The fraction of sp³-hybridized carbons (Fsp3) is 0.267. The van der Waals surface area contributed by atoms with E-state index in [2.05, 4.69) is 27.4 Å². The monoisotopic (exact) mass is 250 g/mol. The lowest BCUT2D eigenvalue weighted by Gasteiger charge is -2.06. The van der Waals surface area contributed by atoms with Crippen LogP contribution >= 0.6 is 0 Å². The second-order valence-corrected chi connectivity index (χ2v) is 4.81. The average molecular weight is 250 g/mol. The largest absolute Gasteiger partial charge is 0.310 e. The van der Waals surface area contributed by atoms with Gasteiger partial charge < -0.3 is 5.32 Å². The molecular formula is C15H14N4. The first kappa shape index (κ1) is 11.8. The van der Waals surface area contributed by atoms with Crippen LogP contribution in [0.3, 0.4) is 0 Å². The number of nitrogens with one attached hydrogen (secondary N) is 1. The highest BCUT2D eigenvalue weighted by molar-refractivity contribution is 5.63. The van der Waals surface area contributed by atoms with Crippen LogP contribution in [0, 0.1) is 11.3 Å². The Bertz CT molecular complexity index is 626. The quantitative estimate of drug-likeness (QED) is 0.904. The molecule has 1 N–H and O–H groups in total. The zero-order chi connectivity index (χ0) is 13.1. The maximum atomic E-state index is 8.90. The first-order valence-electron chi connectivity index (χ1n) is 6.38. The lowest BCUT2D eigenvalue weighted by atomic mass is 10.1. The van der Waals surface area contributed by atoms with Crippen LogP contribution in [0.4, 0.5) is 0 Å². The van der Waals surface area contributed by atoms with Crippen LogP contribution in [-0.4, -0.2) is 16.0 Å². The van der Waals surface area contributed by atoms with Gasteiger partial charge in [-0.15, -0.1) is 0 Å². The van der Waals surface area contributed by atoms with E-state index in [1.807, 2.05) is 12.3 Å². The van der Waals surface area contributed by atoms with Crippen LogP contribution in [0.15, 0.2) is 36.9 Å². The Kier molecular flexibility index (Phi) is 3.21. The summed E-state index contributed by atoms with van der Waals surface area (Å²) in [6.45, 7) is 0.844. The van der Waals surface area contributed by atoms with E-state index in [1.165, 1.54) is 12.8 Å². The normalized spacial score (nSPS) is 14.1. The van der Waals surface area contributed by atoms with Crippen LogP contribution in [0.1, 0.15) is 24.0 Å². The summed E-state index contributed by atoms with van der Waals surface area (Å²) in [5.74, 6) is 0. The first-order valence-corrected chi connectivity index (χ1v) is 6.38. The molecule has 0 radical (unpaired) electrons. The van der Waals surface area contributed by atoms with E-state index < -0.39 is 0 Å². The summed E-state index contributed by atoms with van der Waals surface area (Å²) in [5.41, 5.74) is 3.66. The van der Waals surface area contributed by atoms with Crippen LogP contribution in [0.5, 0.6) is 0 Å². The number of rotatable bonds is 4. The van der Waals surface area contributed by atoms with Crippen LogP contribution in [0.2, 0.25) is 0 Å². The van der Waals surface area contributed by atoms with Gasteiger partial charge in [0.05, 0.1) is 5.56 Å². The van der Waals surface area contributed by atoms with Gasteiger partial charge in [-0.2, -0.15) is 5.26 Å². The zero-order valence-corrected chi connectivity index (χ0v) is 10.5. The van der Waals surface area contributed by atoms with E-state index in [4.69, 9.17) is 5.26 Å².